The number of ether oxygens (including phenoxy) is 1. The lowest BCUT2D eigenvalue weighted by molar-refractivity contribution is 0.0978. The van der Waals surface area contributed by atoms with Gasteiger partial charge in [0.15, 0.2) is 0 Å². The van der Waals surface area contributed by atoms with Gasteiger partial charge < -0.3 is 9.84 Å². The van der Waals surface area contributed by atoms with Crippen molar-refractivity contribution in [2.75, 3.05) is 26.2 Å². The highest BCUT2D eigenvalue weighted by molar-refractivity contribution is 5.27. The number of β-amino-alcohol motifs (C(OH)–C–C–N with tert-alkyl or cyclic N) is 1. The first-order valence-electron chi connectivity index (χ1n) is 9.68. The van der Waals surface area contributed by atoms with Gasteiger partial charge in [0.1, 0.15) is 5.75 Å². The Morgan fingerprint density at radius 2 is 1.67 bits per heavy atom. The molecule has 2 saturated heterocycles. The van der Waals surface area contributed by atoms with E-state index in [1.54, 1.807) is 0 Å². The van der Waals surface area contributed by atoms with Crippen LogP contribution in [-0.4, -0.2) is 59.3 Å². The molecule has 2 atom stereocenters. The minimum Gasteiger partial charge on any atom is -0.490 e. The van der Waals surface area contributed by atoms with Crippen LogP contribution in [0.4, 0.5) is 0 Å². The van der Waals surface area contributed by atoms with Gasteiger partial charge in [0.25, 0.3) is 0 Å². The van der Waals surface area contributed by atoms with Crippen LogP contribution in [0.25, 0.3) is 0 Å². The number of benzene rings is 1. The minimum atomic E-state index is -0.201. The lowest BCUT2D eigenvalue weighted by Gasteiger charge is -2.25. The van der Waals surface area contributed by atoms with Crippen molar-refractivity contribution in [1.29, 1.82) is 0 Å². The normalized spacial score (nSPS) is 29.5. The second-order valence-corrected chi connectivity index (χ2v) is 7.74. The van der Waals surface area contributed by atoms with E-state index in [-0.39, 0.29) is 6.10 Å². The molecule has 1 aliphatic carbocycles. The van der Waals surface area contributed by atoms with Gasteiger partial charge in [-0.3, -0.25) is 9.80 Å². The molecule has 0 aromatic heterocycles. The summed E-state index contributed by atoms with van der Waals surface area (Å²) in [5.41, 5.74) is 1.31. The quantitative estimate of drug-likeness (QED) is 0.900. The van der Waals surface area contributed by atoms with Gasteiger partial charge in [-0.15, -0.1) is 0 Å². The van der Waals surface area contributed by atoms with Gasteiger partial charge in [-0.1, -0.05) is 12.1 Å². The summed E-state index contributed by atoms with van der Waals surface area (Å²) in [6, 6.07) is 8.91. The number of aliphatic hydroxyl groups excluding tert-OH is 1. The first-order chi connectivity index (χ1) is 11.8. The number of likely N-dealkylation sites (tertiary alicyclic amines) is 2. The molecule has 24 heavy (non-hydrogen) atoms. The highest BCUT2D eigenvalue weighted by Gasteiger charge is 2.36. The van der Waals surface area contributed by atoms with Crippen molar-refractivity contribution in [2.24, 2.45) is 0 Å². The molecule has 3 aliphatic rings. The lowest BCUT2D eigenvalue weighted by atomic mass is 10.2. The molecule has 1 aromatic rings. The fourth-order valence-corrected chi connectivity index (χ4v) is 4.54. The summed E-state index contributed by atoms with van der Waals surface area (Å²) in [5.74, 6) is 1.00. The second-order valence-electron chi connectivity index (χ2n) is 7.74. The Morgan fingerprint density at radius 1 is 0.958 bits per heavy atom. The number of aliphatic hydroxyl groups is 1. The topological polar surface area (TPSA) is 35.9 Å². The predicted molar refractivity (Wildman–Crippen MR) is 95.2 cm³/mol. The zero-order chi connectivity index (χ0) is 16.4. The number of nitrogens with zero attached hydrogens (tertiary/aromatic N) is 2. The largest absolute Gasteiger partial charge is 0.490 e. The van der Waals surface area contributed by atoms with Crippen LogP contribution in [0.2, 0.25) is 0 Å². The molecular weight excluding hydrogens is 300 g/mol. The van der Waals surface area contributed by atoms with Gasteiger partial charge in [-0.2, -0.15) is 0 Å². The molecule has 4 rings (SSSR count). The minimum absolute atomic E-state index is 0.201. The van der Waals surface area contributed by atoms with Gasteiger partial charge in [0.2, 0.25) is 0 Å². The zero-order valence-corrected chi connectivity index (χ0v) is 14.6. The van der Waals surface area contributed by atoms with E-state index in [0.29, 0.717) is 12.1 Å². The molecule has 0 radical (unpaired) electrons. The van der Waals surface area contributed by atoms with Crippen molar-refractivity contribution in [2.45, 2.75) is 63.3 Å². The molecule has 1 saturated carbocycles. The van der Waals surface area contributed by atoms with Crippen LogP contribution in [0.15, 0.2) is 24.3 Å². The molecule has 0 amide bonds. The Hall–Kier alpha value is -1.10. The van der Waals surface area contributed by atoms with Crippen LogP contribution in [0.1, 0.15) is 44.1 Å². The standard InChI is InChI=1S/C20H30N2O2/c23-20-15-21(14-19(20)22-11-3-4-12-22)13-16-7-9-18(10-8-16)24-17-5-1-2-6-17/h7-10,17,19-20,23H,1-6,11-15H2. The molecule has 4 heteroatoms. The van der Waals surface area contributed by atoms with Crippen LogP contribution in [-0.2, 0) is 6.54 Å². The summed E-state index contributed by atoms with van der Waals surface area (Å²) in [6.45, 7) is 5.01. The van der Waals surface area contributed by atoms with Crippen molar-refractivity contribution in [3.63, 3.8) is 0 Å². The number of rotatable bonds is 5. The molecule has 2 aliphatic heterocycles. The number of hydrogen-bond donors (Lipinski definition) is 1. The highest BCUT2D eigenvalue weighted by Crippen LogP contribution is 2.25. The first kappa shape index (κ1) is 16.4. The SMILES string of the molecule is OC1CN(Cc2ccc(OC3CCCC3)cc2)CC1N1CCCC1. The Labute approximate surface area is 145 Å². The molecule has 0 bridgehead atoms. The predicted octanol–water partition coefficient (Wildman–Crippen LogP) is 2.65. The second kappa shape index (κ2) is 7.42. The number of hydrogen-bond acceptors (Lipinski definition) is 4. The van der Waals surface area contributed by atoms with Crippen molar-refractivity contribution in [3.8, 4) is 5.75 Å². The van der Waals surface area contributed by atoms with E-state index in [1.807, 2.05) is 0 Å². The highest BCUT2D eigenvalue weighted by atomic mass is 16.5. The van der Waals surface area contributed by atoms with Crippen LogP contribution in [0.3, 0.4) is 0 Å². The molecule has 132 valence electrons. The summed E-state index contributed by atoms with van der Waals surface area (Å²) < 4.78 is 6.04. The maximum atomic E-state index is 10.4. The first-order valence-corrected chi connectivity index (χ1v) is 9.68. The molecule has 1 aromatic carbocycles. The molecule has 2 heterocycles. The maximum absolute atomic E-state index is 10.4. The Bertz CT molecular complexity index is 521. The Kier molecular flexibility index (Phi) is 5.06. The van der Waals surface area contributed by atoms with Gasteiger partial charge >= 0.3 is 0 Å². The molecule has 4 nitrogen and oxygen atoms in total. The van der Waals surface area contributed by atoms with Crippen LogP contribution in [0.5, 0.6) is 5.75 Å². The average Bonchev–Trinajstić information content (AvgIpc) is 3.32. The molecule has 0 spiro atoms. The van der Waals surface area contributed by atoms with Crippen molar-refractivity contribution < 1.29 is 9.84 Å². The third-order valence-electron chi connectivity index (χ3n) is 5.88. The van der Waals surface area contributed by atoms with Gasteiger partial charge in [-0.25, -0.2) is 0 Å². The Balaban J connectivity index is 1.30. The van der Waals surface area contributed by atoms with E-state index in [9.17, 15) is 5.11 Å². The Morgan fingerprint density at radius 3 is 2.38 bits per heavy atom. The molecule has 3 fully saturated rings. The van der Waals surface area contributed by atoms with E-state index in [4.69, 9.17) is 4.74 Å². The third-order valence-corrected chi connectivity index (χ3v) is 5.88. The molecule has 1 N–H and O–H groups in total. The summed E-state index contributed by atoms with van der Waals surface area (Å²) >= 11 is 0. The summed E-state index contributed by atoms with van der Waals surface area (Å²) in [5, 5.41) is 10.4. The van der Waals surface area contributed by atoms with Crippen LogP contribution in [0, 0.1) is 0 Å². The summed E-state index contributed by atoms with van der Waals surface area (Å²) in [7, 11) is 0. The average molecular weight is 330 g/mol. The van der Waals surface area contributed by atoms with Crippen molar-refractivity contribution in [1.82, 2.24) is 9.80 Å². The third kappa shape index (κ3) is 3.76. The van der Waals surface area contributed by atoms with Gasteiger partial charge in [0, 0.05) is 25.7 Å². The lowest BCUT2D eigenvalue weighted by Crippen LogP contribution is -2.41. The smallest absolute Gasteiger partial charge is 0.119 e. The zero-order valence-electron chi connectivity index (χ0n) is 14.6. The fourth-order valence-electron chi connectivity index (χ4n) is 4.54. The summed E-state index contributed by atoms with van der Waals surface area (Å²) in [4.78, 5) is 4.86. The van der Waals surface area contributed by atoms with E-state index in [1.165, 1.54) is 44.1 Å². The summed E-state index contributed by atoms with van der Waals surface area (Å²) in [6.07, 6.45) is 7.79. The van der Waals surface area contributed by atoms with Crippen molar-refractivity contribution in [3.05, 3.63) is 29.8 Å². The monoisotopic (exact) mass is 330 g/mol. The van der Waals surface area contributed by atoms with Crippen LogP contribution >= 0.6 is 0 Å². The maximum Gasteiger partial charge on any atom is 0.119 e. The fraction of sp³-hybridized carbons (Fsp3) is 0.700. The van der Waals surface area contributed by atoms with Gasteiger partial charge in [0.05, 0.1) is 12.2 Å². The molecule has 2 unspecified atom stereocenters. The van der Waals surface area contributed by atoms with E-state index in [2.05, 4.69) is 34.1 Å². The van der Waals surface area contributed by atoms with E-state index >= 15 is 0 Å². The molecular formula is C20H30N2O2. The van der Waals surface area contributed by atoms with E-state index in [0.717, 1.165) is 38.5 Å². The van der Waals surface area contributed by atoms with E-state index < -0.39 is 0 Å². The van der Waals surface area contributed by atoms with Gasteiger partial charge in [-0.05, 0) is 69.3 Å². The van der Waals surface area contributed by atoms with Crippen LogP contribution < -0.4 is 4.74 Å². The van der Waals surface area contributed by atoms with Crippen molar-refractivity contribution >= 4 is 0 Å².